The fourth-order valence-electron chi connectivity index (χ4n) is 2.02. The first-order valence-electron chi connectivity index (χ1n) is 6.44. The Balaban J connectivity index is 2.29. The molecule has 1 aliphatic heterocycles. The molecule has 19 heavy (non-hydrogen) atoms. The molecule has 2 rings (SSSR count). The molecule has 0 amide bonds. The lowest BCUT2D eigenvalue weighted by Gasteiger charge is -2.32. The van der Waals surface area contributed by atoms with E-state index in [2.05, 4.69) is 0 Å². The first-order valence-corrected chi connectivity index (χ1v) is 6.44. The van der Waals surface area contributed by atoms with E-state index in [0.717, 1.165) is 17.3 Å². The number of carbonyl (C=O) groups excluding carboxylic acids is 1. The first-order chi connectivity index (χ1) is 8.77. The molecule has 0 radical (unpaired) electrons. The lowest BCUT2D eigenvalue weighted by atomic mass is 9.78. The maximum absolute atomic E-state index is 10.6. The third kappa shape index (κ3) is 2.53. The molecule has 102 valence electrons. The van der Waals surface area contributed by atoms with Crippen molar-refractivity contribution in [1.82, 2.24) is 0 Å². The van der Waals surface area contributed by atoms with Crippen LogP contribution >= 0.6 is 0 Å². The summed E-state index contributed by atoms with van der Waals surface area (Å²) in [5.41, 5.74) is 7.42. The van der Waals surface area contributed by atoms with Crippen LogP contribution < -0.4 is 11.2 Å². The molecule has 0 spiro atoms. The van der Waals surface area contributed by atoms with Gasteiger partial charge >= 0.3 is 7.12 Å². The molecule has 0 aliphatic carbocycles. The minimum Gasteiger partial charge on any atom is -0.399 e. The van der Waals surface area contributed by atoms with E-state index in [1.54, 1.807) is 6.07 Å². The molecule has 0 unspecified atom stereocenters. The fraction of sp³-hybridized carbons (Fsp3) is 0.500. The van der Waals surface area contributed by atoms with E-state index in [-0.39, 0.29) is 11.2 Å². The number of benzene rings is 1. The van der Waals surface area contributed by atoms with Crippen molar-refractivity contribution in [1.29, 1.82) is 0 Å². The highest BCUT2D eigenvalue weighted by molar-refractivity contribution is 6.62. The van der Waals surface area contributed by atoms with Crippen LogP contribution in [0.2, 0.25) is 0 Å². The van der Waals surface area contributed by atoms with Crippen molar-refractivity contribution in [3.05, 3.63) is 23.8 Å². The van der Waals surface area contributed by atoms with Gasteiger partial charge in [0.25, 0.3) is 0 Å². The molecule has 2 N–H and O–H groups in total. The van der Waals surface area contributed by atoms with Gasteiger partial charge in [-0.2, -0.15) is 0 Å². The summed E-state index contributed by atoms with van der Waals surface area (Å²) < 4.78 is 11.9. The average molecular weight is 261 g/mol. The number of rotatable bonds is 3. The second kappa shape index (κ2) is 4.65. The highest BCUT2D eigenvalue weighted by Crippen LogP contribution is 2.36. The maximum Gasteiger partial charge on any atom is 0.494 e. The number of hydrogen-bond acceptors (Lipinski definition) is 4. The van der Waals surface area contributed by atoms with Gasteiger partial charge in [-0.25, -0.2) is 0 Å². The van der Waals surface area contributed by atoms with E-state index in [1.165, 1.54) is 0 Å². The van der Waals surface area contributed by atoms with Crippen LogP contribution in [-0.2, 0) is 20.5 Å². The SMILES string of the molecule is CC1(C)OB(c2ccc(N)c(CC=O)c2)OC1(C)C. The van der Waals surface area contributed by atoms with Crippen LogP contribution in [0.5, 0.6) is 0 Å². The third-order valence-corrected chi connectivity index (χ3v) is 4.00. The number of carbonyl (C=O) groups is 1. The summed E-state index contributed by atoms with van der Waals surface area (Å²) in [6, 6.07) is 5.55. The number of hydrogen-bond donors (Lipinski definition) is 1. The average Bonchev–Trinajstić information content (AvgIpc) is 2.51. The van der Waals surface area contributed by atoms with Gasteiger partial charge in [-0.15, -0.1) is 0 Å². The van der Waals surface area contributed by atoms with E-state index >= 15 is 0 Å². The molecule has 1 heterocycles. The lowest BCUT2D eigenvalue weighted by molar-refractivity contribution is -0.107. The Bertz CT molecular complexity index is 483. The number of nitrogen functional groups attached to an aromatic ring is 1. The van der Waals surface area contributed by atoms with Crippen molar-refractivity contribution in [2.75, 3.05) is 5.73 Å². The van der Waals surface area contributed by atoms with Crippen LogP contribution in [0.15, 0.2) is 18.2 Å². The van der Waals surface area contributed by atoms with E-state index in [0.29, 0.717) is 12.1 Å². The Morgan fingerprint density at radius 2 is 1.79 bits per heavy atom. The van der Waals surface area contributed by atoms with Crippen molar-refractivity contribution in [3.63, 3.8) is 0 Å². The molecule has 0 bridgehead atoms. The summed E-state index contributed by atoms with van der Waals surface area (Å²) in [4.78, 5) is 10.6. The van der Waals surface area contributed by atoms with E-state index in [4.69, 9.17) is 15.0 Å². The summed E-state index contributed by atoms with van der Waals surface area (Å²) in [6.07, 6.45) is 1.15. The van der Waals surface area contributed by atoms with Crippen LogP contribution in [0.4, 0.5) is 5.69 Å². The van der Waals surface area contributed by atoms with Gasteiger partial charge in [0, 0.05) is 12.1 Å². The molecule has 1 aliphatic rings. The zero-order chi connectivity index (χ0) is 14.3. The number of aldehydes is 1. The Morgan fingerprint density at radius 3 is 2.32 bits per heavy atom. The summed E-state index contributed by atoms with van der Waals surface area (Å²) >= 11 is 0. The standard InChI is InChI=1S/C14H20BNO3/c1-13(2)14(3,4)19-15(18-13)11-5-6-12(16)10(9-11)7-8-17/h5-6,8-9H,7,16H2,1-4H3. The van der Waals surface area contributed by atoms with Crippen molar-refractivity contribution < 1.29 is 14.1 Å². The normalized spacial score (nSPS) is 20.5. The van der Waals surface area contributed by atoms with Crippen molar-refractivity contribution >= 4 is 24.6 Å². The fourth-order valence-corrected chi connectivity index (χ4v) is 2.02. The quantitative estimate of drug-likeness (QED) is 0.506. The second-order valence-corrected chi connectivity index (χ2v) is 5.92. The van der Waals surface area contributed by atoms with Crippen molar-refractivity contribution in [2.24, 2.45) is 0 Å². The second-order valence-electron chi connectivity index (χ2n) is 5.92. The minimum atomic E-state index is -0.420. The molecule has 4 nitrogen and oxygen atoms in total. The summed E-state index contributed by atoms with van der Waals surface area (Å²) in [6.45, 7) is 8.04. The van der Waals surface area contributed by atoms with E-state index in [1.807, 2.05) is 39.8 Å². The van der Waals surface area contributed by atoms with Gasteiger partial charge in [0.1, 0.15) is 6.29 Å². The predicted octanol–water partition coefficient (Wildman–Crippen LogP) is 1.31. The van der Waals surface area contributed by atoms with Crippen molar-refractivity contribution in [2.45, 2.75) is 45.3 Å². The van der Waals surface area contributed by atoms with Gasteiger partial charge in [-0.05, 0) is 44.8 Å². The molecular weight excluding hydrogens is 241 g/mol. The molecule has 0 aromatic heterocycles. The largest absolute Gasteiger partial charge is 0.494 e. The van der Waals surface area contributed by atoms with Gasteiger partial charge < -0.3 is 19.8 Å². The third-order valence-electron chi connectivity index (χ3n) is 4.00. The van der Waals surface area contributed by atoms with Crippen LogP contribution in [0.3, 0.4) is 0 Å². The summed E-state index contributed by atoms with van der Waals surface area (Å²) in [7, 11) is -0.420. The first kappa shape index (κ1) is 14.1. The smallest absolute Gasteiger partial charge is 0.399 e. The number of nitrogens with two attached hydrogens (primary N) is 1. The zero-order valence-electron chi connectivity index (χ0n) is 11.9. The van der Waals surface area contributed by atoms with Crippen LogP contribution in [-0.4, -0.2) is 24.6 Å². The summed E-state index contributed by atoms with van der Waals surface area (Å²) in [5, 5.41) is 0. The molecule has 1 aromatic rings. The van der Waals surface area contributed by atoms with Gasteiger partial charge in [-0.3, -0.25) is 0 Å². The highest BCUT2D eigenvalue weighted by Gasteiger charge is 2.51. The van der Waals surface area contributed by atoms with Crippen LogP contribution in [0.1, 0.15) is 33.3 Å². The van der Waals surface area contributed by atoms with Crippen LogP contribution in [0, 0.1) is 0 Å². The molecular formula is C14H20BNO3. The van der Waals surface area contributed by atoms with Gasteiger partial charge in [-0.1, -0.05) is 12.1 Å². The maximum atomic E-state index is 10.6. The monoisotopic (exact) mass is 261 g/mol. The van der Waals surface area contributed by atoms with E-state index < -0.39 is 7.12 Å². The Kier molecular flexibility index (Phi) is 3.45. The lowest BCUT2D eigenvalue weighted by Crippen LogP contribution is -2.41. The zero-order valence-corrected chi connectivity index (χ0v) is 11.9. The Hall–Kier alpha value is -1.33. The molecule has 0 saturated carbocycles. The van der Waals surface area contributed by atoms with Gasteiger partial charge in [0.05, 0.1) is 11.2 Å². The van der Waals surface area contributed by atoms with Crippen molar-refractivity contribution in [3.8, 4) is 0 Å². The summed E-state index contributed by atoms with van der Waals surface area (Å²) in [5.74, 6) is 0. The van der Waals surface area contributed by atoms with E-state index in [9.17, 15) is 4.79 Å². The molecule has 1 saturated heterocycles. The molecule has 5 heteroatoms. The van der Waals surface area contributed by atoms with Crippen LogP contribution in [0.25, 0.3) is 0 Å². The predicted molar refractivity (Wildman–Crippen MR) is 76.3 cm³/mol. The topological polar surface area (TPSA) is 61.5 Å². The van der Waals surface area contributed by atoms with Gasteiger partial charge in [0.15, 0.2) is 0 Å². The molecule has 1 aromatic carbocycles. The molecule has 0 atom stereocenters. The minimum absolute atomic E-state index is 0.305. The van der Waals surface area contributed by atoms with Gasteiger partial charge in [0.2, 0.25) is 0 Å². The Morgan fingerprint density at radius 1 is 1.21 bits per heavy atom. The molecule has 1 fully saturated rings. The highest BCUT2D eigenvalue weighted by atomic mass is 16.7. The Labute approximate surface area is 114 Å². The number of anilines is 1.